The summed E-state index contributed by atoms with van der Waals surface area (Å²) in [5, 5.41) is -0.0865. The maximum Gasteiger partial charge on any atom is 0.748 e. The molecule has 7 nitrogen and oxygen atoms in total. The van der Waals surface area contributed by atoms with E-state index in [0.717, 1.165) is 25.7 Å². The molecule has 158 valence electrons. The Kier molecular flexibility index (Phi) is 10.1. The smallest absolute Gasteiger partial charge is 0.748 e. The first-order valence-corrected chi connectivity index (χ1v) is 11.3. The van der Waals surface area contributed by atoms with Crippen LogP contribution in [0.15, 0.2) is 46.1 Å². The summed E-state index contributed by atoms with van der Waals surface area (Å²) in [7, 11) is -1.24. The Labute approximate surface area is 172 Å². The number of quaternary nitrogens is 1. The molecule has 9 heteroatoms. The number of furan rings is 1. The molecule has 0 aliphatic carbocycles. The van der Waals surface area contributed by atoms with Crippen molar-refractivity contribution in [2.24, 2.45) is 0 Å². The van der Waals surface area contributed by atoms with Gasteiger partial charge in [0.25, 0.3) is 0 Å². The second-order valence-corrected chi connectivity index (χ2v) is 8.36. The third-order valence-electron chi connectivity index (χ3n) is 4.96. The van der Waals surface area contributed by atoms with Gasteiger partial charge in [-0.2, -0.15) is 0 Å². The van der Waals surface area contributed by atoms with E-state index in [4.69, 9.17) is 13.8 Å². The predicted octanol–water partition coefficient (Wildman–Crippen LogP) is 5.43. The maximum atomic E-state index is 11.7. The van der Waals surface area contributed by atoms with Crippen molar-refractivity contribution in [2.75, 3.05) is 13.7 Å². The largest absolute Gasteiger partial charge is 0.870 e. The van der Waals surface area contributed by atoms with E-state index < -0.39 is 14.0 Å². The van der Waals surface area contributed by atoms with Gasteiger partial charge in [0, 0.05) is 11.7 Å². The van der Waals surface area contributed by atoms with Gasteiger partial charge < -0.3 is 14.6 Å². The highest BCUT2D eigenvalue weighted by Crippen LogP contribution is 2.53. The number of hydroxylamine groups is 3. The first-order valence-electron chi connectivity index (χ1n) is 9.32. The molecule has 2 N–H and O–H groups in total. The summed E-state index contributed by atoms with van der Waals surface area (Å²) < 4.78 is 28.9. The van der Waals surface area contributed by atoms with Gasteiger partial charge in [-0.1, -0.05) is 24.1 Å². The second-order valence-electron chi connectivity index (χ2n) is 6.39. The van der Waals surface area contributed by atoms with E-state index in [1.165, 1.54) is 4.91 Å². The molecule has 1 aliphatic rings. The Bertz CT molecular complexity index is 680. The van der Waals surface area contributed by atoms with Gasteiger partial charge in [-0.05, 0) is 56.2 Å². The highest BCUT2D eigenvalue weighted by molar-refractivity contribution is 8.03. The van der Waals surface area contributed by atoms with E-state index in [9.17, 15) is 9.46 Å². The fourth-order valence-corrected chi connectivity index (χ4v) is 5.69. The van der Waals surface area contributed by atoms with Gasteiger partial charge in [0.1, 0.15) is 18.0 Å². The minimum atomic E-state index is -2.84. The molecule has 0 bridgehead atoms. The summed E-state index contributed by atoms with van der Waals surface area (Å²) in [5.41, 5.74) is -1.08. The quantitative estimate of drug-likeness (QED) is 0.388. The predicted molar refractivity (Wildman–Crippen MR) is 109 cm³/mol. The molecule has 0 saturated carbocycles. The van der Waals surface area contributed by atoms with Gasteiger partial charge in [0.15, 0.2) is 5.76 Å². The van der Waals surface area contributed by atoms with Crippen LogP contribution in [0.3, 0.4) is 0 Å². The zero-order valence-corrected chi connectivity index (χ0v) is 18.6. The monoisotopic (exact) mass is 432 g/mol. The highest BCUT2D eigenvalue weighted by atomic mass is 32.2. The lowest BCUT2D eigenvalue weighted by atomic mass is 9.97. The maximum absolute atomic E-state index is 11.7. The van der Waals surface area contributed by atoms with Crippen molar-refractivity contribution in [1.29, 1.82) is 0 Å². The molecule has 0 spiro atoms. The first-order chi connectivity index (χ1) is 13.0. The molecule has 0 aromatic carbocycles. The number of hydrogen-bond acceptors (Lipinski definition) is 6. The Balaban J connectivity index is 0.00000392. The van der Waals surface area contributed by atoms with E-state index in [2.05, 4.69) is 13.0 Å². The third kappa shape index (κ3) is 4.76. The third-order valence-corrected chi connectivity index (χ3v) is 6.93. The molecule has 1 aromatic rings. The van der Waals surface area contributed by atoms with Crippen molar-refractivity contribution in [2.45, 2.75) is 57.4 Å². The molecular formula is C19H31NO6PS+. The van der Waals surface area contributed by atoms with Crippen molar-refractivity contribution >= 4 is 20.0 Å². The number of ether oxygens (including phenoxy) is 1. The summed E-state index contributed by atoms with van der Waals surface area (Å²) >= 11 is 1.73. The Hall–Kier alpha value is -0.990. The topological polar surface area (TPSA) is 98.9 Å². The number of thioether (sulfide) groups is 1. The number of hydrogen-bond donors (Lipinski definition) is 1. The van der Waals surface area contributed by atoms with Crippen LogP contribution in [0, 0.1) is 0 Å². The van der Waals surface area contributed by atoms with Crippen LogP contribution in [0.25, 0.3) is 0 Å². The molecule has 1 aromatic heterocycles. The SMILES string of the molecule is CC=C(CCCC)SC1CC=C[N+](CC)(O[P+](=O)O)C1(OC)c1ccco1.[OH-]. The molecule has 1 aliphatic heterocycles. The normalized spacial score (nSPS) is 28.1. The average molecular weight is 432 g/mol. The Morgan fingerprint density at radius 1 is 1.54 bits per heavy atom. The fraction of sp³-hybridized carbons (Fsp3) is 0.579. The van der Waals surface area contributed by atoms with Crippen molar-refractivity contribution in [3.63, 3.8) is 0 Å². The molecule has 28 heavy (non-hydrogen) atoms. The fourth-order valence-electron chi connectivity index (χ4n) is 3.63. The van der Waals surface area contributed by atoms with Crippen molar-refractivity contribution < 1.29 is 33.4 Å². The summed E-state index contributed by atoms with van der Waals surface area (Å²) in [6.45, 7) is 6.53. The van der Waals surface area contributed by atoms with Crippen molar-refractivity contribution in [3.05, 3.63) is 47.4 Å². The van der Waals surface area contributed by atoms with Crippen LogP contribution in [-0.2, 0) is 19.7 Å². The minimum Gasteiger partial charge on any atom is -0.870 e. The summed E-state index contributed by atoms with van der Waals surface area (Å²) in [6, 6.07) is 3.64. The molecule has 2 rings (SSSR count). The van der Waals surface area contributed by atoms with E-state index in [0.29, 0.717) is 12.3 Å². The molecule has 2 heterocycles. The summed E-state index contributed by atoms with van der Waals surface area (Å²) in [4.78, 5) is 10.9. The lowest BCUT2D eigenvalue weighted by Gasteiger charge is -2.46. The minimum absolute atomic E-state index is 0. The highest BCUT2D eigenvalue weighted by Gasteiger charge is 2.66. The molecular weight excluding hydrogens is 401 g/mol. The standard InChI is InChI=1S/C19H29NO5PS.H2O/c1-5-8-11-16(6-2)27-18-13-9-14-20(7-3,25-26(21)22)19(18,23-4)17-12-10-15-24-17;/h6,9-10,12,14-15,18H,5,7-8,11,13H2,1-4H3;1H2/q+1;. The summed E-state index contributed by atoms with van der Waals surface area (Å²) in [6.07, 6.45) is 11.5. The Morgan fingerprint density at radius 2 is 2.29 bits per heavy atom. The number of rotatable bonds is 10. The molecule has 4 unspecified atom stereocenters. The number of allylic oxidation sites excluding steroid dienone is 3. The van der Waals surface area contributed by atoms with E-state index in [-0.39, 0.29) is 15.4 Å². The van der Waals surface area contributed by atoms with Gasteiger partial charge in [-0.25, -0.2) is 0 Å². The number of unbranched alkanes of at least 4 members (excludes halogenated alkanes) is 1. The molecule has 0 radical (unpaired) electrons. The van der Waals surface area contributed by atoms with Crippen LogP contribution in [-0.4, -0.2) is 33.9 Å². The first kappa shape index (κ1) is 25.0. The van der Waals surface area contributed by atoms with Crippen LogP contribution in [0.1, 0.15) is 52.2 Å². The number of methoxy groups -OCH3 is 1. The van der Waals surface area contributed by atoms with E-state index >= 15 is 0 Å². The lowest BCUT2D eigenvalue weighted by Crippen LogP contribution is -2.65. The van der Waals surface area contributed by atoms with Gasteiger partial charge in [-0.3, -0.25) is 0 Å². The van der Waals surface area contributed by atoms with Crippen LogP contribution < -0.4 is 0 Å². The van der Waals surface area contributed by atoms with E-state index in [1.807, 2.05) is 26.0 Å². The van der Waals surface area contributed by atoms with Crippen molar-refractivity contribution in [1.82, 2.24) is 0 Å². The zero-order chi connectivity index (χ0) is 19.9. The summed E-state index contributed by atoms with van der Waals surface area (Å²) in [5.74, 6) is 0.580. The zero-order valence-electron chi connectivity index (χ0n) is 16.9. The molecule has 0 amide bonds. The second kappa shape index (κ2) is 11.3. The molecule has 0 saturated heterocycles. The van der Waals surface area contributed by atoms with Gasteiger partial charge in [0.2, 0.25) is 0 Å². The number of nitrogens with zero attached hydrogens (tertiary/aromatic N) is 1. The molecule has 0 fully saturated rings. The van der Waals surface area contributed by atoms with Crippen LogP contribution in [0.4, 0.5) is 0 Å². The van der Waals surface area contributed by atoms with Crippen LogP contribution >= 0.6 is 20.0 Å². The van der Waals surface area contributed by atoms with Crippen LogP contribution in [0.2, 0.25) is 0 Å². The van der Waals surface area contributed by atoms with Gasteiger partial charge >= 0.3 is 14.0 Å². The Morgan fingerprint density at radius 3 is 2.79 bits per heavy atom. The lowest BCUT2D eigenvalue weighted by molar-refractivity contribution is -1.11. The van der Waals surface area contributed by atoms with Gasteiger partial charge in [-0.15, -0.1) is 16.7 Å². The molecule has 4 atom stereocenters. The van der Waals surface area contributed by atoms with Crippen molar-refractivity contribution in [3.8, 4) is 0 Å². The van der Waals surface area contributed by atoms with Gasteiger partial charge in [0.05, 0.1) is 10.9 Å². The van der Waals surface area contributed by atoms with E-state index in [1.54, 1.807) is 37.4 Å². The average Bonchev–Trinajstić information content (AvgIpc) is 3.19. The van der Waals surface area contributed by atoms with Crippen LogP contribution in [0.5, 0.6) is 0 Å².